The fraction of sp³-hybridized carbons (Fsp3) is 0.250. The Balaban J connectivity index is 1.80. The molecule has 2 aromatic carbocycles. The normalized spacial score (nSPS) is 11.2. The molecule has 7 heteroatoms. The van der Waals surface area contributed by atoms with Crippen molar-refractivity contribution in [1.29, 1.82) is 0 Å². The number of carbonyl (C=O) groups excluding carboxylic acids is 3. The molecule has 2 amide bonds. The van der Waals surface area contributed by atoms with Crippen molar-refractivity contribution in [3.8, 4) is 5.75 Å². The summed E-state index contributed by atoms with van der Waals surface area (Å²) in [5.74, 6) is -0.727. The van der Waals surface area contributed by atoms with Crippen molar-refractivity contribution >= 4 is 29.2 Å². The van der Waals surface area contributed by atoms with Crippen LogP contribution in [0.25, 0.3) is 0 Å². The average Bonchev–Trinajstić information content (AvgIpc) is 2.61. The molecule has 7 nitrogen and oxygen atoms in total. The van der Waals surface area contributed by atoms with Crippen LogP contribution >= 0.6 is 0 Å². The Bertz CT molecular complexity index is 817. The summed E-state index contributed by atoms with van der Waals surface area (Å²) < 4.78 is 10.4. The standard InChI is InChI=1S/C20H22N2O5/c1-13-5-4-6-18(11-13)26-12-19(24)27-14(2)20(25)22-17-9-7-16(8-10-17)21-15(3)23/h4-11,14H,12H2,1-3H3,(H,21,23)(H,22,25)/t14-/m1/s1. The van der Waals surface area contributed by atoms with E-state index in [0.717, 1.165) is 5.56 Å². The molecule has 0 unspecified atom stereocenters. The lowest BCUT2D eigenvalue weighted by Gasteiger charge is -2.14. The molecule has 142 valence electrons. The number of amides is 2. The third kappa shape index (κ3) is 6.81. The van der Waals surface area contributed by atoms with E-state index in [1.807, 2.05) is 19.1 Å². The number of hydrogen-bond donors (Lipinski definition) is 2. The number of carbonyl (C=O) groups is 3. The van der Waals surface area contributed by atoms with Crippen LogP contribution in [0.15, 0.2) is 48.5 Å². The number of nitrogens with one attached hydrogen (secondary N) is 2. The van der Waals surface area contributed by atoms with Gasteiger partial charge in [-0.15, -0.1) is 0 Å². The van der Waals surface area contributed by atoms with E-state index >= 15 is 0 Å². The number of hydrogen-bond acceptors (Lipinski definition) is 5. The minimum atomic E-state index is -0.978. The zero-order valence-electron chi connectivity index (χ0n) is 15.4. The van der Waals surface area contributed by atoms with Crippen LogP contribution in [0.1, 0.15) is 19.4 Å². The van der Waals surface area contributed by atoms with Gasteiger partial charge in [-0.3, -0.25) is 9.59 Å². The minimum Gasteiger partial charge on any atom is -0.482 e. The van der Waals surface area contributed by atoms with Gasteiger partial charge >= 0.3 is 5.97 Å². The monoisotopic (exact) mass is 370 g/mol. The van der Waals surface area contributed by atoms with Crippen molar-refractivity contribution in [3.05, 3.63) is 54.1 Å². The molecule has 0 aliphatic carbocycles. The number of rotatable bonds is 7. The highest BCUT2D eigenvalue weighted by Gasteiger charge is 2.18. The van der Waals surface area contributed by atoms with E-state index in [1.54, 1.807) is 36.4 Å². The van der Waals surface area contributed by atoms with Crippen molar-refractivity contribution in [2.45, 2.75) is 26.9 Å². The van der Waals surface area contributed by atoms with E-state index in [1.165, 1.54) is 13.8 Å². The van der Waals surface area contributed by atoms with Crippen LogP contribution in [0.5, 0.6) is 5.75 Å². The summed E-state index contributed by atoms with van der Waals surface area (Å²) in [7, 11) is 0. The average molecular weight is 370 g/mol. The van der Waals surface area contributed by atoms with E-state index in [2.05, 4.69) is 10.6 Å². The lowest BCUT2D eigenvalue weighted by molar-refractivity contribution is -0.155. The summed E-state index contributed by atoms with van der Waals surface area (Å²) in [6, 6.07) is 13.9. The molecule has 0 spiro atoms. The highest BCUT2D eigenvalue weighted by molar-refractivity contribution is 5.95. The first-order valence-corrected chi connectivity index (χ1v) is 8.41. The lowest BCUT2D eigenvalue weighted by Crippen LogP contribution is -2.31. The van der Waals surface area contributed by atoms with Crippen LogP contribution in [0, 0.1) is 6.92 Å². The van der Waals surface area contributed by atoms with Crippen molar-refractivity contribution < 1.29 is 23.9 Å². The second-order valence-corrected chi connectivity index (χ2v) is 5.99. The molecule has 0 aliphatic heterocycles. The second-order valence-electron chi connectivity index (χ2n) is 5.99. The number of benzene rings is 2. The van der Waals surface area contributed by atoms with Gasteiger partial charge in [-0.2, -0.15) is 0 Å². The molecule has 1 atom stereocenters. The predicted molar refractivity (Wildman–Crippen MR) is 102 cm³/mol. The van der Waals surface area contributed by atoms with Crippen LogP contribution in [0.3, 0.4) is 0 Å². The fourth-order valence-corrected chi connectivity index (χ4v) is 2.22. The van der Waals surface area contributed by atoms with Gasteiger partial charge in [0.2, 0.25) is 5.91 Å². The number of ether oxygens (including phenoxy) is 2. The van der Waals surface area contributed by atoms with Gasteiger partial charge in [0.1, 0.15) is 5.75 Å². The maximum Gasteiger partial charge on any atom is 0.344 e. The van der Waals surface area contributed by atoms with E-state index in [0.29, 0.717) is 17.1 Å². The highest BCUT2D eigenvalue weighted by atomic mass is 16.6. The Labute approximate surface area is 157 Å². The van der Waals surface area contributed by atoms with Gasteiger partial charge in [-0.05, 0) is 55.8 Å². The van der Waals surface area contributed by atoms with Crippen LogP contribution in [-0.4, -0.2) is 30.5 Å². The Morgan fingerprint density at radius 1 is 1.00 bits per heavy atom. The number of aryl methyl sites for hydroxylation is 1. The summed E-state index contributed by atoms with van der Waals surface area (Å²) in [6.45, 7) is 4.52. The van der Waals surface area contributed by atoms with Crippen LogP contribution in [-0.2, 0) is 19.1 Å². The molecule has 0 heterocycles. The molecule has 2 rings (SSSR count). The third-order valence-corrected chi connectivity index (χ3v) is 3.50. The summed E-state index contributed by atoms with van der Waals surface area (Å²) in [5, 5.41) is 5.27. The maximum absolute atomic E-state index is 12.1. The SMILES string of the molecule is CC(=O)Nc1ccc(NC(=O)[C@@H](C)OC(=O)COc2cccc(C)c2)cc1. The molecule has 0 saturated heterocycles. The van der Waals surface area contributed by atoms with E-state index < -0.39 is 18.0 Å². The number of anilines is 2. The molecule has 0 aromatic heterocycles. The first-order valence-electron chi connectivity index (χ1n) is 8.41. The largest absolute Gasteiger partial charge is 0.482 e. The van der Waals surface area contributed by atoms with E-state index in [9.17, 15) is 14.4 Å². The van der Waals surface area contributed by atoms with Gasteiger partial charge in [0, 0.05) is 18.3 Å². The molecule has 0 radical (unpaired) electrons. The zero-order chi connectivity index (χ0) is 19.8. The summed E-state index contributed by atoms with van der Waals surface area (Å²) >= 11 is 0. The minimum absolute atomic E-state index is 0.180. The second kappa shape index (κ2) is 9.38. The fourth-order valence-electron chi connectivity index (χ4n) is 2.22. The quantitative estimate of drug-likeness (QED) is 0.731. The first kappa shape index (κ1) is 20.0. The smallest absolute Gasteiger partial charge is 0.344 e. The maximum atomic E-state index is 12.1. The molecule has 0 bridgehead atoms. The van der Waals surface area contributed by atoms with Gasteiger partial charge in [0.05, 0.1) is 0 Å². The van der Waals surface area contributed by atoms with Crippen LogP contribution < -0.4 is 15.4 Å². The van der Waals surface area contributed by atoms with E-state index in [-0.39, 0.29) is 12.5 Å². The predicted octanol–water partition coefficient (Wildman–Crippen LogP) is 2.90. The molecule has 2 aromatic rings. The summed E-state index contributed by atoms with van der Waals surface area (Å²) in [4.78, 5) is 35.0. The summed E-state index contributed by atoms with van der Waals surface area (Å²) in [6.07, 6.45) is -0.978. The van der Waals surface area contributed by atoms with Gasteiger partial charge in [-0.1, -0.05) is 12.1 Å². The molecule has 0 fully saturated rings. The highest BCUT2D eigenvalue weighted by Crippen LogP contribution is 2.15. The molecule has 0 saturated carbocycles. The van der Waals surface area contributed by atoms with Gasteiger partial charge in [0.15, 0.2) is 12.7 Å². The Hall–Kier alpha value is -3.35. The number of esters is 1. The first-order chi connectivity index (χ1) is 12.8. The van der Waals surface area contributed by atoms with Gasteiger partial charge < -0.3 is 20.1 Å². The van der Waals surface area contributed by atoms with Gasteiger partial charge in [0.25, 0.3) is 5.91 Å². The lowest BCUT2D eigenvalue weighted by atomic mass is 10.2. The Morgan fingerprint density at radius 2 is 1.63 bits per heavy atom. The molecular formula is C20H22N2O5. The topological polar surface area (TPSA) is 93.7 Å². The van der Waals surface area contributed by atoms with Crippen LogP contribution in [0.2, 0.25) is 0 Å². The summed E-state index contributed by atoms with van der Waals surface area (Å²) in [5.41, 5.74) is 2.15. The molecule has 27 heavy (non-hydrogen) atoms. The molecule has 2 N–H and O–H groups in total. The van der Waals surface area contributed by atoms with Crippen molar-refractivity contribution in [2.75, 3.05) is 17.2 Å². The van der Waals surface area contributed by atoms with Crippen molar-refractivity contribution in [2.24, 2.45) is 0 Å². The zero-order valence-corrected chi connectivity index (χ0v) is 15.4. The third-order valence-electron chi connectivity index (χ3n) is 3.50. The van der Waals surface area contributed by atoms with E-state index in [4.69, 9.17) is 9.47 Å². The van der Waals surface area contributed by atoms with Gasteiger partial charge in [-0.25, -0.2) is 4.79 Å². The van der Waals surface area contributed by atoms with Crippen molar-refractivity contribution in [1.82, 2.24) is 0 Å². The van der Waals surface area contributed by atoms with Crippen LogP contribution in [0.4, 0.5) is 11.4 Å². The molecule has 0 aliphatic rings. The Morgan fingerprint density at radius 3 is 2.22 bits per heavy atom. The Kier molecular flexibility index (Phi) is 6.93. The van der Waals surface area contributed by atoms with Crippen molar-refractivity contribution in [3.63, 3.8) is 0 Å². The molecular weight excluding hydrogens is 348 g/mol.